The summed E-state index contributed by atoms with van der Waals surface area (Å²) >= 11 is 0. The molecule has 0 bridgehead atoms. The van der Waals surface area contributed by atoms with Crippen molar-refractivity contribution < 1.29 is 5.11 Å². The predicted molar refractivity (Wildman–Crippen MR) is 70.3 cm³/mol. The Balaban J connectivity index is 2.21. The second-order valence-corrected chi connectivity index (χ2v) is 4.62. The number of aryl methyl sites for hydroxylation is 3. The van der Waals surface area contributed by atoms with Crippen LogP contribution in [0.1, 0.15) is 35.4 Å². The molecule has 1 heterocycles. The summed E-state index contributed by atoms with van der Waals surface area (Å²) in [6.07, 6.45) is 1.68. The molecular formula is C14H19N3O. The maximum absolute atomic E-state index is 10.3. The Kier molecular flexibility index (Phi) is 3.77. The Labute approximate surface area is 107 Å². The van der Waals surface area contributed by atoms with Gasteiger partial charge < -0.3 is 5.11 Å². The maximum Gasteiger partial charge on any atom is 0.101 e. The van der Waals surface area contributed by atoms with Gasteiger partial charge in [0.1, 0.15) is 6.10 Å². The highest BCUT2D eigenvalue weighted by molar-refractivity contribution is 5.31. The van der Waals surface area contributed by atoms with Crippen LogP contribution in [0.2, 0.25) is 0 Å². The highest BCUT2D eigenvalue weighted by Crippen LogP contribution is 2.20. The van der Waals surface area contributed by atoms with Crippen molar-refractivity contribution in [3.05, 3.63) is 46.8 Å². The van der Waals surface area contributed by atoms with Crippen LogP contribution in [0.4, 0.5) is 0 Å². The quantitative estimate of drug-likeness (QED) is 0.898. The highest BCUT2D eigenvalue weighted by atomic mass is 16.3. The van der Waals surface area contributed by atoms with Crippen molar-refractivity contribution in [1.82, 2.24) is 15.0 Å². The second kappa shape index (κ2) is 5.31. The molecule has 0 aliphatic rings. The third kappa shape index (κ3) is 2.59. The van der Waals surface area contributed by atoms with Crippen molar-refractivity contribution in [2.75, 3.05) is 0 Å². The molecule has 1 atom stereocenters. The van der Waals surface area contributed by atoms with Gasteiger partial charge in [-0.15, -0.1) is 5.10 Å². The van der Waals surface area contributed by atoms with Gasteiger partial charge in [0.25, 0.3) is 0 Å². The minimum atomic E-state index is -0.555. The van der Waals surface area contributed by atoms with Gasteiger partial charge >= 0.3 is 0 Å². The molecule has 0 saturated heterocycles. The Bertz CT molecular complexity index is 534. The molecule has 0 amide bonds. The molecule has 0 aliphatic carbocycles. The summed E-state index contributed by atoms with van der Waals surface area (Å²) in [5.41, 5.74) is 4.37. The molecule has 4 heteroatoms. The van der Waals surface area contributed by atoms with E-state index in [1.807, 2.05) is 6.92 Å². The lowest BCUT2D eigenvalue weighted by molar-refractivity contribution is 0.167. The van der Waals surface area contributed by atoms with E-state index in [4.69, 9.17) is 0 Å². The normalized spacial score (nSPS) is 12.7. The van der Waals surface area contributed by atoms with Crippen LogP contribution in [0.25, 0.3) is 0 Å². The van der Waals surface area contributed by atoms with Crippen LogP contribution in [0.5, 0.6) is 0 Å². The van der Waals surface area contributed by atoms with E-state index in [9.17, 15) is 5.11 Å². The molecule has 2 aromatic rings. The van der Waals surface area contributed by atoms with E-state index in [-0.39, 0.29) is 0 Å². The Hall–Kier alpha value is -1.68. The number of nitrogens with zero attached hydrogens (tertiary/aromatic N) is 3. The summed E-state index contributed by atoms with van der Waals surface area (Å²) in [6.45, 7) is 6.84. The van der Waals surface area contributed by atoms with Gasteiger partial charge in [0.2, 0.25) is 0 Å². The molecule has 1 unspecified atom stereocenters. The third-order valence-corrected chi connectivity index (χ3v) is 3.21. The number of hydrogen-bond donors (Lipinski definition) is 1. The lowest BCUT2D eigenvalue weighted by Crippen LogP contribution is -2.10. The smallest absolute Gasteiger partial charge is 0.101 e. The molecule has 0 fully saturated rings. The lowest BCUT2D eigenvalue weighted by atomic mass is 9.99. The predicted octanol–water partition coefficient (Wildman–Crippen LogP) is 2.19. The van der Waals surface area contributed by atoms with Gasteiger partial charge in [-0.3, -0.25) is 0 Å². The molecule has 18 heavy (non-hydrogen) atoms. The van der Waals surface area contributed by atoms with Crippen molar-refractivity contribution >= 4 is 0 Å². The fraction of sp³-hybridized carbons (Fsp3) is 0.429. The van der Waals surface area contributed by atoms with Gasteiger partial charge in [-0.25, -0.2) is 4.68 Å². The lowest BCUT2D eigenvalue weighted by Gasteiger charge is -2.13. The standard InChI is InChI=1S/C14H19N3O/c1-4-17-13(9-15-16-17)14(18)8-12-7-10(2)5-6-11(12)3/h5-7,9,14,18H,4,8H2,1-3H3. The van der Waals surface area contributed by atoms with Crippen LogP contribution in [0.15, 0.2) is 24.4 Å². The highest BCUT2D eigenvalue weighted by Gasteiger charge is 2.15. The van der Waals surface area contributed by atoms with Gasteiger partial charge in [-0.1, -0.05) is 29.0 Å². The van der Waals surface area contributed by atoms with Gasteiger partial charge in [0.05, 0.1) is 11.9 Å². The van der Waals surface area contributed by atoms with E-state index in [0.717, 1.165) is 12.2 Å². The molecule has 0 saturated carbocycles. The average Bonchev–Trinajstić information content (AvgIpc) is 2.82. The third-order valence-electron chi connectivity index (χ3n) is 3.21. The molecule has 0 radical (unpaired) electrons. The van der Waals surface area contributed by atoms with E-state index in [1.54, 1.807) is 10.9 Å². The maximum atomic E-state index is 10.3. The van der Waals surface area contributed by atoms with E-state index in [0.29, 0.717) is 6.42 Å². The van der Waals surface area contributed by atoms with Crippen LogP contribution in [0, 0.1) is 13.8 Å². The van der Waals surface area contributed by atoms with Crippen LogP contribution < -0.4 is 0 Å². The topological polar surface area (TPSA) is 50.9 Å². The zero-order valence-corrected chi connectivity index (χ0v) is 11.1. The number of rotatable bonds is 4. The Morgan fingerprint density at radius 2 is 2.11 bits per heavy atom. The van der Waals surface area contributed by atoms with E-state index in [2.05, 4.69) is 42.4 Å². The number of aliphatic hydroxyl groups is 1. The molecule has 1 aromatic carbocycles. The molecule has 0 spiro atoms. The first-order valence-corrected chi connectivity index (χ1v) is 6.24. The Morgan fingerprint density at radius 1 is 1.33 bits per heavy atom. The largest absolute Gasteiger partial charge is 0.386 e. The first kappa shape index (κ1) is 12.8. The van der Waals surface area contributed by atoms with Crippen LogP contribution in [0.3, 0.4) is 0 Å². The van der Waals surface area contributed by atoms with Crippen LogP contribution in [-0.2, 0) is 13.0 Å². The molecule has 0 aliphatic heterocycles. The molecular weight excluding hydrogens is 226 g/mol. The van der Waals surface area contributed by atoms with Gasteiger partial charge in [0.15, 0.2) is 0 Å². The van der Waals surface area contributed by atoms with Crippen molar-refractivity contribution in [3.63, 3.8) is 0 Å². The summed E-state index contributed by atoms with van der Waals surface area (Å²) in [7, 11) is 0. The van der Waals surface area contributed by atoms with Crippen LogP contribution >= 0.6 is 0 Å². The van der Waals surface area contributed by atoms with Crippen molar-refractivity contribution in [3.8, 4) is 0 Å². The molecule has 2 rings (SSSR count). The Morgan fingerprint density at radius 3 is 2.83 bits per heavy atom. The SMILES string of the molecule is CCn1nncc1C(O)Cc1cc(C)ccc1C. The van der Waals surface area contributed by atoms with E-state index in [1.165, 1.54) is 16.7 Å². The van der Waals surface area contributed by atoms with Crippen LogP contribution in [-0.4, -0.2) is 20.1 Å². The van der Waals surface area contributed by atoms with Crippen molar-refractivity contribution in [2.45, 2.75) is 39.8 Å². The fourth-order valence-electron chi connectivity index (χ4n) is 2.10. The summed E-state index contributed by atoms with van der Waals surface area (Å²) in [4.78, 5) is 0. The first-order chi connectivity index (χ1) is 8.61. The molecule has 1 N–H and O–H groups in total. The number of hydrogen-bond acceptors (Lipinski definition) is 3. The van der Waals surface area contributed by atoms with Crippen molar-refractivity contribution in [2.24, 2.45) is 0 Å². The summed E-state index contributed by atoms with van der Waals surface area (Å²) in [5, 5.41) is 18.1. The molecule has 96 valence electrons. The van der Waals surface area contributed by atoms with Gasteiger partial charge in [-0.05, 0) is 31.9 Å². The monoisotopic (exact) mass is 245 g/mol. The minimum absolute atomic E-state index is 0.555. The molecule has 1 aromatic heterocycles. The average molecular weight is 245 g/mol. The summed E-state index contributed by atoms with van der Waals surface area (Å²) in [5.74, 6) is 0. The van der Waals surface area contributed by atoms with Gasteiger partial charge in [0, 0.05) is 13.0 Å². The van der Waals surface area contributed by atoms with E-state index >= 15 is 0 Å². The van der Waals surface area contributed by atoms with Crippen molar-refractivity contribution in [1.29, 1.82) is 0 Å². The summed E-state index contributed by atoms with van der Waals surface area (Å²) in [6, 6.07) is 6.30. The van der Waals surface area contributed by atoms with E-state index < -0.39 is 6.10 Å². The fourth-order valence-corrected chi connectivity index (χ4v) is 2.10. The number of aromatic nitrogens is 3. The number of benzene rings is 1. The zero-order chi connectivity index (χ0) is 13.1. The minimum Gasteiger partial charge on any atom is -0.386 e. The molecule has 4 nitrogen and oxygen atoms in total. The summed E-state index contributed by atoms with van der Waals surface area (Å²) < 4.78 is 1.73. The zero-order valence-electron chi connectivity index (χ0n) is 11.1. The van der Waals surface area contributed by atoms with Gasteiger partial charge in [-0.2, -0.15) is 0 Å². The first-order valence-electron chi connectivity index (χ1n) is 6.24. The number of aliphatic hydroxyl groups excluding tert-OH is 1. The second-order valence-electron chi connectivity index (χ2n) is 4.62.